The van der Waals surface area contributed by atoms with Crippen molar-refractivity contribution in [3.05, 3.63) is 0 Å². The van der Waals surface area contributed by atoms with Gasteiger partial charge in [0.25, 0.3) is 0 Å². The standard InChI is InChI=1S/C23H44N2O2.C16H30N2O2.C15H28N2O2.C14H26N2O2.C12H22N2O2.C11H20N2O2/c1-3-5-6-7-8-9-10-11-12-13-14-15-16-17-18-25-20-21(19-22(25)26)23(27)24-4-2;1-3-5-7-8-9-11-18-13-14(12-15(18)19)16(20)17-10-6-4-2;1-3-5-7-8-10-17-12-13(11-14(17)18)15(19)16-9-6-4-2;1-3-5-7-9-16-11-12(10-13(16)17)14(18)15-8-6-4-2;1-3-5-6-13-12(16)10-8-11(15)14(9-10)7-4-2;1-3-5-6-12-11(15)9-7-10(14)13(4-2)8-9/h21H,3-20H2,1-2H3,(H,24,27);14H,3-13H2,1-2H3,(H,17,20);13H,3-12H2,1-2H3,(H,16,19);12H,3-11H2,1-2H3,(H,15,18);10H,3-9H2,1-2H3,(H,13,16);9H,3-8H2,1-2H3,(H,12,15). The molecule has 24 heteroatoms. The average Bonchev–Trinajstić information content (AvgIpc) is 1.77. The van der Waals surface area contributed by atoms with Gasteiger partial charge >= 0.3 is 0 Å². The summed E-state index contributed by atoms with van der Waals surface area (Å²) in [6.45, 7) is 37.9. The van der Waals surface area contributed by atoms with Crippen LogP contribution in [-0.2, 0) is 57.5 Å². The van der Waals surface area contributed by atoms with Gasteiger partial charge in [-0.15, -0.1) is 0 Å². The van der Waals surface area contributed by atoms with Crippen molar-refractivity contribution in [2.75, 3.05) is 118 Å². The number of hydrogen-bond acceptors (Lipinski definition) is 12. The lowest BCUT2D eigenvalue weighted by Crippen LogP contribution is -2.33. The zero-order valence-electron chi connectivity index (χ0n) is 75.2. The number of carbonyl (C=O) groups is 12. The third kappa shape index (κ3) is 49.0. The molecule has 6 unspecified atom stereocenters. The largest absolute Gasteiger partial charge is 0.356 e. The molecule has 0 spiro atoms. The quantitative estimate of drug-likeness (QED) is 0.0310. The Morgan fingerprint density at radius 2 is 0.391 bits per heavy atom. The van der Waals surface area contributed by atoms with Gasteiger partial charge in [0, 0.05) is 156 Å². The fraction of sp³-hybridized carbons (Fsp3) is 0.868. The van der Waals surface area contributed by atoms with Crippen LogP contribution in [0.4, 0.5) is 0 Å². The SMILES string of the molecule is CCCCCCCCCCCCCCCCN1CC(C(=O)NCC)CC1=O.CCCCCCCN1CC(C(=O)NCCCC)CC1=O.CCCCCCN1CC(C(=O)NCCCC)CC1=O.CCCCCN1CC(C(=O)NCCCC)CC1=O.CCCCNC(=O)C1CC(=O)N(CC)C1.CCCCNC(=O)C1CC(=O)N(CCC)C1. The Bertz CT molecular complexity index is 2670. The van der Waals surface area contributed by atoms with Crippen molar-refractivity contribution in [3.8, 4) is 0 Å². The molecular formula is C91H170N12O12. The van der Waals surface area contributed by atoms with Crippen LogP contribution in [0.15, 0.2) is 0 Å². The van der Waals surface area contributed by atoms with Crippen LogP contribution in [0.2, 0.25) is 0 Å². The summed E-state index contributed by atoms with van der Waals surface area (Å²) in [4.78, 5) is 152. The van der Waals surface area contributed by atoms with Crippen LogP contribution >= 0.6 is 0 Å². The molecule has 666 valence electrons. The smallest absolute Gasteiger partial charge is 0.225 e. The fourth-order valence-corrected chi connectivity index (χ4v) is 15.0. The molecular weight excluding hydrogens is 1450 g/mol. The Labute approximate surface area is 698 Å². The number of rotatable bonds is 55. The molecule has 0 bridgehead atoms. The van der Waals surface area contributed by atoms with Gasteiger partial charge in [-0.2, -0.15) is 0 Å². The molecule has 6 heterocycles. The number of amides is 12. The summed E-state index contributed by atoms with van der Waals surface area (Å²) >= 11 is 0. The van der Waals surface area contributed by atoms with Crippen molar-refractivity contribution in [3.63, 3.8) is 0 Å². The van der Waals surface area contributed by atoms with Crippen molar-refractivity contribution < 1.29 is 57.5 Å². The summed E-state index contributed by atoms with van der Waals surface area (Å²) < 4.78 is 0. The van der Waals surface area contributed by atoms with E-state index in [0.717, 1.165) is 175 Å². The van der Waals surface area contributed by atoms with Gasteiger partial charge in [-0.1, -0.05) is 243 Å². The molecule has 6 fully saturated rings. The Kier molecular flexibility index (Phi) is 64.5. The molecule has 6 aliphatic rings. The van der Waals surface area contributed by atoms with Gasteiger partial charge < -0.3 is 61.3 Å². The zero-order chi connectivity index (χ0) is 85.2. The molecule has 0 radical (unpaired) electrons. The van der Waals surface area contributed by atoms with Crippen LogP contribution in [0.5, 0.6) is 0 Å². The average molecular weight is 1620 g/mol. The fourth-order valence-electron chi connectivity index (χ4n) is 15.0. The van der Waals surface area contributed by atoms with E-state index in [0.29, 0.717) is 90.9 Å². The minimum absolute atomic E-state index is 0.0350. The highest BCUT2D eigenvalue weighted by Crippen LogP contribution is 2.25. The molecule has 6 atom stereocenters. The summed E-state index contributed by atoms with van der Waals surface area (Å²) in [5, 5.41) is 17.4. The summed E-state index contributed by atoms with van der Waals surface area (Å²) in [5.41, 5.74) is 0. The summed E-state index contributed by atoms with van der Waals surface area (Å²) in [5.74, 6) is 0.308. The Morgan fingerprint density at radius 3 is 0.600 bits per heavy atom. The van der Waals surface area contributed by atoms with Crippen molar-refractivity contribution in [1.29, 1.82) is 0 Å². The van der Waals surface area contributed by atoms with Crippen molar-refractivity contribution in [2.45, 2.75) is 359 Å². The molecule has 0 aromatic rings. The van der Waals surface area contributed by atoms with Crippen molar-refractivity contribution in [2.24, 2.45) is 35.5 Å². The second-order valence-electron chi connectivity index (χ2n) is 32.9. The first kappa shape index (κ1) is 107. The van der Waals surface area contributed by atoms with E-state index in [2.05, 4.69) is 94.2 Å². The lowest BCUT2D eigenvalue weighted by molar-refractivity contribution is -0.129. The van der Waals surface area contributed by atoms with Crippen LogP contribution in [0.1, 0.15) is 359 Å². The van der Waals surface area contributed by atoms with Crippen LogP contribution in [0.25, 0.3) is 0 Å². The molecule has 115 heavy (non-hydrogen) atoms. The Hall–Kier alpha value is -6.36. The van der Waals surface area contributed by atoms with Gasteiger partial charge in [-0.25, -0.2) is 0 Å². The highest BCUT2D eigenvalue weighted by Gasteiger charge is 2.38. The molecule has 6 saturated heterocycles. The third-order valence-corrected chi connectivity index (χ3v) is 22.5. The highest BCUT2D eigenvalue weighted by molar-refractivity contribution is 5.92. The molecule has 0 aromatic carbocycles. The van der Waals surface area contributed by atoms with Crippen LogP contribution in [0, 0.1) is 35.5 Å². The molecule has 6 rings (SSSR count). The van der Waals surface area contributed by atoms with E-state index in [9.17, 15) is 57.5 Å². The first-order valence-corrected chi connectivity index (χ1v) is 46.9. The van der Waals surface area contributed by atoms with E-state index < -0.39 is 0 Å². The maximum Gasteiger partial charge on any atom is 0.225 e. The van der Waals surface area contributed by atoms with E-state index in [1.54, 1.807) is 9.80 Å². The number of carbonyl (C=O) groups excluding carboxylic acids is 12. The van der Waals surface area contributed by atoms with Crippen LogP contribution < -0.4 is 31.9 Å². The summed E-state index contributed by atoms with van der Waals surface area (Å²) in [6.07, 6.45) is 46.6. The lowest BCUT2D eigenvalue weighted by Gasteiger charge is -2.16. The second kappa shape index (κ2) is 69.6. The Morgan fingerprint density at radius 1 is 0.217 bits per heavy atom. The second-order valence-corrected chi connectivity index (χ2v) is 32.9. The number of unbranched alkanes of at least 4 members (excludes halogenated alkanes) is 27. The Balaban J connectivity index is 0.000000697. The number of hydrogen-bond donors (Lipinski definition) is 6. The minimum Gasteiger partial charge on any atom is -0.356 e. The van der Waals surface area contributed by atoms with E-state index in [1.807, 2.05) is 40.4 Å². The summed E-state index contributed by atoms with van der Waals surface area (Å²) in [6, 6.07) is 0. The zero-order valence-corrected chi connectivity index (χ0v) is 75.2. The molecule has 6 aliphatic heterocycles. The van der Waals surface area contributed by atoms with Gasteiger partial charge in [-0.3, -0.25) is 57.5 Å². The first-order valence-electron chi connectivity index (χ1n) is 46.9. The first-order chi connectivity index (χ1) is 55.6. The van der Waals surface area contributed by atoms with Gasteiger partial charge in [0.2, 0.25) is 70.9 Å². The van der Waals surface area contributed by atoms with Crippen LogP contribution in [0.3, 0.4) is 0 Å². The van der Waals surface area contributed by atoms with Crippen molar-refractivity contribution >= 4 is 70.9 Å². The third-order valence-electron chi connectivity index (χ3n) is 22.5. The van der Waals surface area contributed by atoms with Gasteiger partial charge in [0.05, 0.1) is 35.5 Å². The number of nitrogens with zero attached hydrogens (tertiary/aromatic N) is 6. The predicted molar refractivity (Wildman–Crippen MR) is 465 cm³/mol. The number of likely N-dealkylation sites (tertiary alicyclic amines) is 6. The number of nitrogens with one attached hydrogen (secondary N) is 6. The molecule has 0 saturated carbocycles. The monoisotopic (exact) mass is 1620 g/mol. The topological polar surface area (TPSA) is 296 Å². The lowest BCUT2D eigenvalue weighted by atomic mass is 10.0. The summed E-state index contributed by atoms with van der Waals surface area (Å²) in [7, 11) is 0. The van der Waals surface area contributed by atoms with E-state index in [-0.39, 0.29) is 106 Å². The highest BCUT2D eigenvalue weighted by atomic mass is 16.2. The normalized spacial score (nSPS) is 18.9. The maximum atomic E-state index is 12.0. The van der Waals surface area contributed by atoms with Gasteiger partial charge in [-0.05, 0) is 78.1 Å². The van der Waals surface area contributed by atoms with E-state index >= 15 is 0 Å². The molecule has 0 aromatic heterocycles. The molecule has 24 nitrogen and oxygen atoms in total. The minimum atomic E-state index is -0.135. The van der Waals surface area contributed by atoms with E-state index in [1.165, 1.54) is 128 Å². The van der Waals surface area contributed by atoms with Gasteiger partial charge in [0.1, 0.15) is 0 Å². The predicted octanol–water partition coefficient (Wildman–Crippen LogP) is 14.4. The van der Waals surface area contributed by atoms with Crippen LogP contribution in [-0.4, -0.2) is 218 Å². The van der Waals surface area contributed by atoms with Gasteiger partial charge in [0.15, 0.2) is 0 Å². The molecule has 0 aliphatic carbocycles. The molecule has 6 N–H and O–H groups in total. The molecule has 12 amide bonds. The van der Waals surface area contributed by atoms with Crippen molar-refractivity contribution in [1.82, 2.24) is 61.3 Å². The maximum absolute atomic E-state index is 12.0. The van der Waals surface area contributed by atoms with E-state index in [4.69, 9.17) is 0 Å².